The number of amides is 1. The van der Waals surface area contributed by atoms with Crippen molar-refractivity contribution in [2.75, 3.05) is 26.7 Å². The molecular weight excluding hydrogens is 304 g/mol. The van der Waals surface area contributed by atoms with Gasteiger partial charge in [0, 0.05) is 51.9 Å². The first kappa shape index (κ1) is 18.3. The number of hydrogen-bond donors (Lipinski definition) is 2. The molecule has 134 valence electrons. The van der Waals surface area contributed by atoms with E-state index in [4.69, 9.17) is 0 Å². The lowest BCUT2D eigenvalue weighted by Gasteiger charge is -2.18. The summed E-state index contributed by atoms with van der Waals surface area (Å²) < 4.78 is 1.93. The molecular formula is C17H30N6O. The maximum absolute atomic E-state index is 11.8. The number of nitrogens with one attached hydrogen (secondary N) is 2. The fraction of sp³-hybridized carbons (Fsp3) is 0.706. The Labute approximate surface area is 144 Å². The first-order chi connectivity index (χ1) is 11.5. The Morgan fingerprint density at radius 2 is 2.17 bits per heavy atom. The summed E-state index contributed by atoms with van der Waals surface area (Å²) in [5, 5.41) is 11.2. The van der Waals surface area contributed by atoms with Gasteiger partial charge in [-0.1, -0.05) is 6.92 Å². The van der Waals surface area contributed by atoms with Crippen molar-refractivity contribution in [3.63, 3.8) is 0 Å². The van der Waals surface area contributed by atoms with Crippen LogP contribution in [0.2, 0.25) is 0 Å². The van der Waals surface area contributed by atoms with E-state index in [0.29, 0.717) is 6.42 Å². The predicted octanol–water partition coefficient (Wildman–Crippen LogP) is 0.755. The highest BCUT2D eigenvalue weighted by atomic mass is 16.2. The molecule has 2 N–H and O–H groups in total. The van der Waals surface area contributed by atoms with Gasteiger partial charge in [0.15, 0.2) is 5.96 Å². The lowest BCUT2D eigenvalue weighted by Crippen LogP contribution is -2.45. The molecule has 1 aliphatic heterocycles. The predicted molar refractivity (Wildman–Crippen MR) is 96.2 cm³/mol. The van der Waals surface area contributed by atoms with Crippen LogP contribution in [-0.4, -0.2) is 59.3 Å². The van der Waals surface area contributed by atoms with E-state index < -0.39 is 0 Å². The first-order valence-corrected chi connectivity index (χ1v) is 8.70. The maximum atomic E-state index is 11.8. The highest BCUT2D eigenvalue weighted by Crippen LogP contribution is 2.12. The summed E-state index contributed by atoms with van der Waals surface area (Å²) in [5.41, 5.74) is 3.59. The van der Waals surface area contributed by atoms with Gasteiger partial charge in [0.25, 0.3) is 0 Å². The molecule has 1 atom stereocenters. The first-order valence-electron chi connectivity index (χ1n) is 8.70. The number of aromatic nitrogens is 2. The second-order valence-electron chi connectivity index (χ2n) is 6.35. The Bertz CT molecular complexity index is 606. The van der Waals surface area contributed by atoms with Crippen molar-refractivity contribution in [3.05, 3.63) is 17.0 Å². The number of nitrogens with zero attached hydrogens (tertiary/aromatic N) is 4. The topological polar surface area (TPSA) is 74.6 Å². The third-order valence-corrected chi connectivity index (χ3v) is 4.73. The molecule has 0 aliphatic carbocycles. The number of aryl methyl sites for hydroxylation is 2. The molecule has 1 aliphatic rings. The molecule has 2 heterocycles. The van der Waals surface area contributed by atoms with Crippen molar-refractivity contribution in [1.29, 1.82) is 0 Å². The van der Waals surface area contributed by atoms with Crippen LogP contribution in [0.5, 0.6) is 0 Å². The Kier molecular flexibility index (Phi) is 6.23. The van der Waals surface area contributed by atoms with Crippen molar-refractivity contribution in [2.24, 2.45) is 12.0 Å². The van der Waals surface area contributed by atoms with Crippen LogP contribution >= 0.6 is 0 Å². The number of carbonyl (C=O) groups is 1. The molecule has 0 spiro atoms. The summed E-state index contributed by atoms with van der Waals surface area (Å²) in [6, 6.07) is 0.272. The lowest BCUT2D eigenvalue weighted by atomic mass is 10.1. The average Bonchev–Trinajstić information content (AvgIpc) is 3.12. The van der Waals surface area contributed by atoms with E-state index >= 15 is 0 Å². The zero-order chi connectivity index (χ0) is 17.7. The van der Waals surface area contributed by atoms with Gasteiger partial charge >= 0.3 is 0 Å². The van der Waals surface area contributed by atoms with Crippen LogP contribution in [0, 0.1) is 13.8 Å². The largest absolute Gasteiger partial charge is 0.356 e. The molecule has 7 heteroatoms. The average molecular weight is 334 g/mol. The summed E-state index contributed by atoms with van der Waals surface area (Å²) in [4.78, 5) is 18.0. The van der Waals surface area contributed by atoms with Gasteiger partial charge in [-0.2, -0.15) is 5.10 Å². The van der Waals surface area contributed by atoms with Crippen LogP contribution in [0.15, 0.2) is 4.99 Å². The Morgan fingerprint density at radius 1 is 1.42 bits per heavy atom. The summed E-state index contributed by atoms with van der Waals surface area (Å²) in [6.07, 6.45) is 2.45. The minimum atomic E-state index is 0.227. The van der Waals surface area contributed by atoms with E-state index in [2.05, 4.69) is 27.6 Å². The summed E-state index contributed by atoms with van der Waals surface area (Å²) in [6.45, 7) is 8.44. The van der Waals surface area contributed by atoms with Crippen LogP contribution in [0.1, 0.15) is 36.7 Å². The molecule has 1 amide bonds. The number of likely N-dealkylation sites (tertiary alicyclic amines) is 1. The van der Waals surface area contributed by atoms with Crippen LogP contribution in [-0.2, 0) is 18.3 Å². The van der Waals surface area contributed by atoms with Gasteiger partial charge in [-0.25, -0.2) is 0 Å². The lowest BCUT2D eigenvalue weighted by molar-refractivity contribution is -0.129. The summed E-state index contributed by atoms with van der Waals surface area (Å²) in [5.74, 6) is 1.02. The molecule has 0 saturated carbocycles. The summed E-state index contributed by atoms with van der Waals surface area (Å²) in [7, 11) is 3.75. The number of hydrogen-bond acceptors (Lipinski definition) is 3. The van der Waals surface area contributed by atoms with Crippen molar-refractivity contribution in [1.82, 2.24) is 25.3 Å². The smallest absolute Gasteiger partial charge is 0.222 e. The van der Waals surface area contributed by atoms with E-state index in [0.717, 1.165) is 44.1 Å². The van der Waals surface area contributed by atoms with Crippen molar-refractivity contribution in [3.8, 4) is 0 Å². The van der Waals surface area contributed by atoms with Crippen molar-refractivity contribution >= 4 is 11.9 Å². The van der Waals surface area contributed by atoms with Gasteiger partial charge in [-0.15, -0.1) is 0 Å². The van der Waals surface area contributed by atoms with Gasteiger partial charge in [-0.05, 0) is 32.3 Å². The minimum Gasteiger partial charge on any atom is -0.356 e. The van der Waals surface area contributed by atoms with Gasteiger partial charge in [0.1, 0.15) is 0 Å². The van der Waals surface area contributed by atoms with Crippen molar-refractivity contribution in [2.45, 2.75) is 46.1 Å². The zero-order valence-electron chi connectivity index (χ0n) is 15.5. The standard InChI is InChI=1S/C17H30N6O/c1-6-16(24)23-10-8-14(11-23)20-17(18-4)19-9-7-15-12(2)21-22(5)13(15)3/h14H,6-11H2,1-5H3,(H2,18,19,20). The number of rotatable bonds is 5. The van der Waals surface area contributed by atoms with Crippen LogP contribution < -0.4 is 10.6 Å². The second-order valence-corrected chi connectivity index (χ2v) is 6.35. The fourth-order valence-corrected chi connectivity index (χ4v) is 3.20. The highest BCUT2D eigenvalue weighted by molar-refractivity contribution is 5.80. The van der Waals surface area contributed by atoms with Crippen LogP contribution in [0.25, 0.3) is 0 Å². The number of guanidine groups is 1. The normalized spacial score (nSPS) is 18.1. The van der Waals surface area contributed by atoms with Crippen LogP contribution in [0.3, 0.4) is 0 Å². The zero-order valence-corrected chi connectivity index (χ0v) is 15.5. The molecule has 0 aromatic carbocycles. The highest BCUT2D eigenvalue weighted by Gasteiger charge is 2.25. The van der Waals surface area contributed by atoms with E-state index in [1.54, 1.807) is 7.05 Å². The van der Waals surface area contributed by atoms with Gasteiger partial charge < -0.3 is 15.5 Å². The van der Waals surface area contributed by atoms with Crippen LogP contribution in [0.4, 0.5) is 0 Å². The number of carbonyl (C=O) groups excluding carboxylic acids is 1. The maximum Gasteiger partial charge on any atom is 0.222 e. The number of aliphatic imine (C=N–C) groups is 1. The van der Waals surface area contributed by atoms with E-state index in [1.165, 1.54) is 11.3 Å². The van der Waals surface area contributed by atoms with E-state index in [-0.39, 0.29) is 11.9 Å². The molecule has 1 saturated heterocycles. The molecule has 7 nitrogen and oxygen atoms in total. The molecule has 1 unspecified atom stereocenters. The van der Waals surface area contributed by atoms with Crippen molar-refractivity contribution < 1.29 is 4.79 Å². The minimum absolute atomic E-state index is 0.227. The monoisotopic (exact) mass is 334 g/mol. The fourth-order valence-electron chi connectivity index (χ4n) is 3.20. The Balaban J connectivity index is 1.80. The Morgan fingerprint density at radius 3 is 2.75 bits per heavy atom. The van der Waals surface area contributed by atoms with Gasteiger partial charge in [0.2, 0.25) is 5.91 Å². The third kappa shape index (κ3) is 4.27. The molecule has 1 aromatic heterocycles. The van der Waals surface area contributed by atoms with E-state index in [9.17, 15) is 4.79 Å². The van der Waals surface area contributed by atoms with Gasteiger partial charge in [-0.3, -0.25) is 14.5 Å². The quantitative estimate of drug-likeness (QED) is 0.616. The van der Waals surface area contributed by atoms with Gasteiger partial charge in [0.05, 0.1) is 5.69 Å². The molecule has 0 radical (unpaired) electrons. The molecule has 24 heavy (non-hydrogen) atoms. The summed E-state index contributed by atoms with van der Waals surface area (Å²) >= 11 is 0. The molecule has 1 fully saturated rings. The second kappa shape index (κ2) is 8.17. The Hall–Kier alpha value is -2.05. The van der Waals surface area contributed by atoms with E-state index in [1.807, 2.05) is 30.5 Å². The molecule has 0 bridgehead atoms. The SMILES string of the molecule is CCC(=O)N1CCC(NC(=NC)NCCc2c(C)nn(C)c2C)C1. The molecule has 2 rings (SSSR count). The molecule has 1 aromatic rings. The third-order valence-electron chi connectivity index (χ3n) is 4.73.